The molecule has 0 bridgehead atoms. The van der Waals surface area contributed by atoms with Crippen LogP contribution in [-0.2, 0) is 66.7 Å². The summed E-state index contributed by atoms with van der Waals surface area (Å²) in [6.45, 7) is -1.89. The number of hydrogen-bond donors (Lipinski definition) is 2. The molecule has 0 aromatic carbocycles. The van der Waals surface area contributed by atoms with Gasteiger partial charge < -0.3 is 19.7 Å². The highest BCUT2D eigenvalue weighted by Crippen LogP contribution is 2.15. The average Bonchev–Trinajstić information content (AvgIpc) is 3.06. The SMILES string of the molecule is CS(=O)(=O)OC[C@@H]1OCO[C@H]1COS(C)(=O)=O.CS(=O)(=O)OC[C@H](O)[C@@H](O)COS(C)(=O)=O. The minimum atomic E-state index is -3.73. The van der Waals surface area contributed by atoms with Crippen molar-refractivity contribution in [2.45, 2.75) is 24.4 Å². The van der Waals surface area contributed by atoms with Crippen molar-refractivity contribution in [1.82, 2.24) is 0 Å². The van der Waals surface area contributed by atoms with Crippen LogP contribution >= 0.6 is 0 Å². The van der Waals surface area contributed by atoms with Crippen molar-refractivity contribution in [2.75, 3.05) is 58.2 Å². The Morgan fingerprint density at radius 2 is 0.909 bits per heavy atom. The molecular weight excluding hydrogens is 540 g/mol. The van der Waals surface area contributed by atoms with E-state index < -0.39 is 78.1 Å². The van der Waals surface area contributed by atoms with E-state index in [9.17, 15) is 33.7 Å². The van der Waals surface area contributed by atoms with Crippen molar-refractivity contribution >= 4 is 40.5 Å². The van der Waals surface area contributed by atoms with Gasteiger partial charge in [0.1, 0.15) is 31.2 Å². The lowest BCUT2D eigenvalue weighted by Gasteiger charge is -2.16. The van der Waals surface area contributed by atoms with Gasteiger partial charge in [-0.3, -0.25) is 16.7 Å². The van der Waals surface area contributed by atoms with Gasteiger partial charge in [0.2, 0.25) is 0 Å². The Morgan fingerprint density at radius 3 is 1.15 bits per heavy atom. The Labute approximate surface area is 193 Å². The molecule has 4 atom stereocenters. The second-order valence-corrected chi connectivity index (χ2v) is 13.2. The Bertz CT molecular complexity index is 919. The number of rotatable bonds is 13. The van der Waals surface area contributed by atoms with Crippen molar-refractivity contribution in [1.29, 1.82) is 0 Å². The minimum absolute atomic E-state index is 0.0599. The first kappa shape index (κ1) is 32.5. The van der Waals surface area contributed by atoms with Crippen molar-refractivity contribution in [3.63, 3.8) is 0 Å². The van der Waals surface area contributed by atoms with E-state index in [0.29, 0.717) is 0 Å². The van der Waals surface area contributed by atoms with Crippen LogP contribution in [0.2, 0.25) is 0 Å². The van der Waals surface area contributed by atoms with Crippen LogP contribution in [0.3, 0.4) is 0 Å². The Balaban J connectivity index is 0.000000622. The molecule has 0 amide bonds. The monoisotopic (exact) mass is 568 g/mol. The third kappa shape index (κ3) is 19.5. The molecule has 33 heavy (non-hydrogen) atoms. The van der Waals surface area contributed by atoms with Crippen LogP contribution in [-0.4, -0.2) is 127 Å². The first-order chi connectivity index (χ1) is 14.7. The van der Waals surface area contributed by atoms with Gasteiger partial charge in [-0.1, -0.05) is 0 Å². The number of aliphatic hydroxyl groups excluding tert-OH is 2. The summed E-state index contributed by atoms with van der Waals surface area (Å²) in [6, 6.07) is 0. The van der Waals surface area contributed by atoms with Gasteiger partial charge in [-0.15, -0.1) is 0 Å². The van der Waals surface area contributed by atoms with Crippen LogP contribution in [0.1, 0.15) is 0 Å². The number of ether oxygens (including phenoxy) is 2. The van der Waals surface area contributed by atoms with Crippen molar-refractivity contribution in [2.24, 2.45) is 0 Å². The molecule has 0 aliphatic carbocycles. The van der Waals surface area contributed by atoms with Crippen LogP contribution in [0.25, 0.3) is 0 Å². The number of hydrogen-bond acceptors (Lipinski definition) is 16. The molecule has 1 fully saturated rings. The van der Waals surface area contributed by atoms with E-state index in [1.165, 1.54) is 0 Å². The van der Waals surface area contributed by atoms with Gasteiger partial charge in [0.15, 0.2) is 0 Å². The van der Waals surface area contributed by atoms with Gasteiger partial charge in [-0.2, -0.15) is 33.7 Å². The van der Waals surface area contributed by atoms with Crippen LogP contribution in [0.5, 0.6) is 0 Å². The van der Waals surface area contributed by atoms with E-state index in [1.807, 2.05) is 0 Å². The summed E-state index contributed by atoms with van der Waals surface area (Å²) < 4.78 is 113. The molecule has 200 valence electrons. The van der Waals surface area contributed by atoms with Crippen molar-refractivity contribution < 1.29 is 70.1 Å². The van der Waals surface area contributed by atoms with Gasteiger partial charge in [0.05, 0.1) is 51.5 Å². The molecule has 1 saturated heterocycles. The first-order valence-electron chi connectivity index (χ1n) is 8.65. The summed E-state index contributed by atoms with van der Waals surface area (Å²) in [5, 5.41) is 18.3. The van der Waals surface area contributed by atoms with Crippen LogP contribution in [0.15, 0.2) is 0 Å². The van der Waals surface area contributed by atoms with E-state index in [-0.39, 0.29) is 20.0 Å². The highest BCUT2D eigenvalue weighted by atomic mass is 32.2. The maximum atomic E-state index is 10.8. The molecule has 0 spiro atoms. The lowest BCUT2D eigenvalue weighted by molar-refractivity contribution is -0.0264. The summed E-state index contributed by atoms with van der Waals surface area (Å²) >= 11 is 0. The predicted molar refractivity (Wildman–Crippen MR) is 110 cm³/mol. The molecule has 1 rings (SSSR count). The van der Waals surface area contributed by atoms with Crippen LogP contribution in [0, 0.1) is 0 Å². The molecular formula is C13H28O16S4. The standard InChI is InChI=1S/C7H14O8S2.C6H14O8S2/c1-16(8,9)14-3-6-7(13-5-12-6)4-15-17(2,10)11;1-15(9,10)13-3-5(7)6(8)4-14-16(2,11)12/h6-7H,3-5H2,1-2H3;5-8H,3-4H2,1-2H3/t6-,7-;5-,6-/m00/s1. The third-order valence-corrected chi connectivity index (χ3v) is 5.48. The Kier molecular flexibility index (Phi) is 13.3. The molecule has 1 heterocycles. The third-order valence-electron chi connectivity index (χ3n) is 3.22. The average molecular weight is 569 g/mol. The van der Waals surface area contributed by atoms with Gasteiger partial charge >= 0.3 is 0 Å². The zero-order valence-electron chi connectivity index (χ0n) is 18.1. The molecule has 1 aliphatic heterocycles. The maximum Gasteiger partial charge on any atom is 0.264 e. The molecule has 0 aromatic rings. The second-order valence-electron chi connectivity index (χ2n) is 6.62. The van der Waals surface area contributed by atoms with E-state index in [0.717, 1.165) is 25.0 Å². The fourth-order valence-corrected chi connectivity index (χ4v) is 3.27. The van der Waals surface area contributed by atoms with E-state index >= 15 is 0 Å². The highest BCUT2D eigenvalue weighted by molar-refractivity contribution is 7.86. The minimum Gasteiger partial charge on any atom is -0.388 e. The van der Waals surface area contributed by atoms with E-state index in [2.05, 4.69) is 16.7 Å². The lowest BCUT2D eigenvalue weighted by atomic mass is 10.2. The summed E-state index contributed by atoms with van der Waals surface area (Å²) in [5.74, 6) is 0. The van der Waals surface area contributed by atoms with E-state index in [4.69, 9.17) is 19.7 Å². The molecule has 0 radical (unpaired) electrons. The van der Waals surface area contributed by atoms with Gasteiger partial charge in [0, 0.05) is 0 Å². The predicted octanol–water partition coefficient (Wildman–Crippen LogP) is -3.66. The zero-order valence-corrected chi connectivity index (χ0v) is 21.4. The maximum absolute atomic E-state index is 10.8. The second kappa shape index (κ2) is 13.5. The van der Waals surface area contributed by atoms with Gasteiger partial charge in [-0.25, -0.2) is 0 Å². The van der Waals surface area contributed by atoms with Crippen molar-refractivity contribution in [3.05, 3.63) is 0 Å². The van der Waals surface area contributed by atoms with Gasteiger partial charge in [0.25, 0.3) is 40.5 Å². The first-order valence-corrected chi connectivity index (χ1v) is 15.9. The molecule has 0 unspecified atom stereocenters. The summed E-state index contributed by atoms with van der Waals surface area (Å²) in [6.07, 6.45) is -1.10. The van der Waals surface area contributed by atoms with Crippen LogP contribution in [0.4, 0.5) is 0 Å². The largest absolute Gasteiger partial charge is 0.388 e. The molecule has 1 aliphatic rings. The van der Waals surface area contributed by atoms with E-state index in [1.54, 1.807) is 0 Å². The molecule has 16 nitrogen and oxygen atoms in total. The fraction of sp³-hybridized carbons (Fsp3) is 1.00. The smallest absolute Gasteiger partial charge is 0.264 e. The molecule has 0 aromatic heterocycles. The molecule has 20 heteroatoms. The topological polar surface area (TPSA) is 232 Å². The molecule has 2 N–H and O–H groups in total. The fourth-order valence-electron chi connectivity index (χ4n) is 1.73. The number of aliphatic hydroxyl groups is 2. The highest BCUT2D eigenvalue weighted by Gasteiger charge is 2.31. The molecule has 0 saturated carbocycles. The Morgan fingerprint density at radius 1 is 0.636 bits per heavy atom. The zero-order chi connectivity index (χ0) is 26.1. The lowest BCUT2D eigenvalue weighted by Crippen LogP contribution is -2.35. The van der Waals surface area contributed by atoms with Gasteiger partial charge in [-0.05, 0) is 0 Å². The van der Waals surface area contributed by atoms with Crippen LogP contribution < -0.4 is 0 Å². The quantitative estimate of drug-likeness (QED) is 0.204. The normalized spacial score (nSPS) is 21.8. The summed E-state index contributed by atoms with van der Waals surface area (Å²) in [5.41, 5.74) is 0. The summed E-state index contributed by atoms with van der Waals surface area (Å²) in [7, 11) is -14.6. The van der Waals surface area contributed by atoms with Crippen molar-refractivity contribution in [3.8, 4) is 0 Å². The Hall–Kier alpha value is -0.520. The summed E-state index contributed by atoms with van der Waals surface area (Å²) in [4.78, 5) is 0.